The van der Waals surface area contributed by atoms with Crippen LogP contribution in [0.1, 0.15) is 102 Å². The van der Waals surface area contributed by atoms with E-state index in [4.69, 9.17) is 26.4 Å². The van der Waals surface area contributed by atoms with Gasteiger partial charge in [-0.15, -0.1) is 11.3 Å². The molecule has 2 fully saturated rings. The van der Waals surface area contributed by atoms with Crippen LogP contribution in [0.25, 0.3) is 10.4 Å². The number of nitrogens with one attached hydrogen (secondary N) is 1. The highest BCUT2D eigenvalue weighted by Gasteiger charge is 2.51. The van der Waals surface area contributed by atoms with Crippen LogP contribution < -0.4 is 19.9 Å². The Morgan fingerprint density at radius 1 is 0.944 bits per heavy atom. The lowest BCUT2D eigenvalue weighted by molar-refractivity contribution is -0.146. The van der Waals surface area contributed by atoms with Crippen LogP contribution in [-0.2, 0) is 41.4 Å². The van der Waals surface area contributed by atoms with Gasteiger partial charge in [0.25, 0.3) is 5.91 Å². The van der Waals surface area contributed by atoms with Crippen LogP contribution in [0.15, 0.2) is 72.2 Å². The van der Waals surface area contributed by atoms with Crippen molar-refractivity contribution in [3.8, 4) is 22.3 Å². The van der Waals surface area contributed by atoms with Crippen molar-refractivity contribution < 1.29 is 46.6 Å². The Kier molecular flexibility index (Phi) is 18.2. The van der Waals surface area contributed by atoms with Gasteiger partial charge in [-0.1, -0.05) is 52.0 Å². The number of aromatic nitrogens is 1. The van der Waals surface area contributed by atoms with Crippen molar-refractivity contribution >= 4 is 63.5 Å². The van der Waals surface area contributed by atoms with Crippen LogP contribution in [-0.4, -0.2) is 89.7 Å². The molecule has 2 aliphatic heterocycles. The molecule has 0 bridgehead atoms. The highest BCUT2D eigenvalue weighted by atomic mass is 32.1. The van der Waals surface area contributed by atoms with Gasteiger partial charge in [0.15, 0.2) is 10.9 Å². The molecule has 4 aromatic rings. The molecular weight excluding hydrogens is 954 g/mol. The SMILES string of the molecule is Cc1ncsc1-c1ccc(CNC(=O)[C@@H]2C[C@@H](C)CN2C(=O)[C@@H](CC(=O)COCCCOCCCCCOc2ccc(N3C(=S)N(c4ccc(C#N)c(C(F)(F)F)c4)C(=O)C3(C)C)cc2)C(C)(C)C)cc1. The van der Waals surface area contributed by atoms with E-state index >= 15 is 0 Å². The zero-order valence-corrected chi connectivity index (χ0v) is 43.0. The second kappa shape index (κ2) is 23.7. The van der Waals surface area contributed by atoms with E-state index in [1.807, 2.05) is 64.4 Å². The van der Waals surface area contributed by atoms with Crippen molar-refractivity contribution in [3.05, 3.63) is 94.6 Å². The maximum absolute atomic E-state index is 14.1. The number of nitriles is 1. The third-order valence-corrected chi connectivity index (χ3v) is 14.1. The molecule has 18 heteroatoms. The number of rotatable bonds is 22. The molecule has 0 unspecified atom stereocenters. The number of benzene rings is 3. The number of ketones is 1. The molecule has 3 amide bonds. The fourth-order valence-corrected chi connectivity index (χ4v) is 10.2. The monoisotopic (exact) mass is 1020 g/mol. The van der Waals surface area contributed by atoms with Crippen molar-refractivity contribution in [3.63, 3.8) is 0 Å². The van der Waals surface area contributed by atoms with Crippen LogP contribution in [0.5, 0.6) is 5.75 Å². The average molecular weight is 1020 g/mol. The van der Waals surface area contributed by atoms with Gasteiger partial charge in [-0.05, 0) is 130 Å². The number of thiocarbonyl (C=S) groups is 1. The third kappa shape index (κ3) is 13.6. The van der Waals surface area contributed by atoms with Crippen LogP contribution in [0.2, 0.25) is 0 Å². The molecule has 3 atom stereocenters. The van der Waals surface area contributed by atoms with Gasteiger partial charge in [0.2, 0.25) is 11.8 Å². The Bertz CT molecular complexity index is 2570. The predicted octanol–water partition coefficient (Wildman–Crippen LogP) is 10.1. The Hall–Kier alpha value is -5.74. The number of hydrogen-bond donors (Lipinski definition) is 1. The summed E-state index contributed by atoms with van der Waals surface area (Å²) < 4.78 is 58.5. The van der Waals surface area contributed by atoms with E-state index in [1.54, 1.807) is 65.3 Å². The number of nitrogens with zero attached hydrogens (tertiary/aromatic N) is 5. The van der Waals surface area contributed by atoms with Gasteiger partial charge in [-0.2, -0.15) is 18.4 Å². The molecule has 3 heterocycles. The minimum Gasteiger partial charge on any atom is -0.494 e. The van der Waals surface area contributed by atoms with Crippen LogP contribution in [0.4, 0.5) is 24.5 Å². The summed E-state index contributed by atoms with van der Waals surface area (Å²) in [5, 5.41) is 12.3. The number of thiazole rings is 1. The van der Waals surface area contributed by atoms with Crippen molar-refractivity contribution in [2.24, 2.45) is 17.3 Å². The lowest BCUT2D eigenvalue weighted by atomic mass is 9.77. The first-order valence-corrected chi connectivity index (χ1v) is 25.2. The molecule has 3 aromatic carbocycles. The van der Waals surface area contributed by atoms with Crippen molar-refractivity contribution in [2.45, 2.75) is 111 Å². The summed E-state index contributed by atoms with van der Waals surface area (Å²) in [4.78, 5) is 64.1. The molecule has 1 N–H and O–H groups in total. The Labute approximate surface area is 423 Å². The number of anilines is 2. The molecule has 1 aromatic heterocycles. The van der Waals surface area contributed by atoms with Gasteiger partial charge in [0, 0.05) is 50.9 Å². The zero-order chi connectivity index (χ0) is 51.7. The predicted molar refractivity (Wildman–Crippen MR) is 271 cm³/mol. The summed E-state index contributed by atoms with van der Waals surface area (Å²) in [5.74, 6) is -0.930. The van der Waals surface area contributed by atoms with E-state index in [0.29, 0.717) is 63.8 Å². The number of halogens is 3. The number of Topliss-reactive ketones (excluding diaryl/α,β-unsaturated/α-hetero) is 1. The molecule has 13 nitrogen and oxygen atoms in total. The maximum atomic E-state index is 14.1. The summed E-state index contributed by atoms with van der Waals surface area (Å²) >= 11 is 7.22. The van der Waals surface area contributed by atoms with Crippen molar-refractivity contribution in [1.82, 2.24) is 15.2 Å². The number of carbonyl (C=O) groups is 4. The first kappa shape index (κ1) is 54.6. The molecule has 6 rings (SSSR count). The van der Waals surface area contributed by atoms with E-state index in [-0.39, 0.29) is 47.3 Å². The van der Waals surface area contributed by atoms with Crippen molar-refractivity contribution in [1.29, 1.82) is 5.26 Å². The van der Waals surface area contributed by atoms with Gasteiger partial charge in [-0.3, -0.25) is 24.1 Å². The lowest BCUT2D eigenvalue weighted by Crippen LogP contribution is -2.50. The molecule has 71 heavy (non-hydrogen) atoms. The summed E-state index contributed by atoms with van der Waals surface area (Å²) in [5.41, 5.74) is 1.90. The second-order valence-electron chi connectivity index (χ2n) is 19.8. The molecule has 0 spiro atoms. The van der Waals surface area contributed by atoms with E-state index in [1.165, 1.54) is 6.07 Å². The number of hydrogen-bond acceptors (Lipinski definition) is 11. The molecule has 0 radical (unpaired) electrons. The Morgan fingerprint density at radius 2 is 1.61 bits per heavy atom. The number of unbranched alkanes of at least 4 members (excludes halogenated alkanes) is 2. The Balaban J connectivity index is 0.851. The van der Waals surface area contributed by atoms with Gasteiger partial charge in [-0.25, -0.2) is 4.98 Å². The largest absolute Gasteiger partial charge is 0.494 e. The standard InChI is InChI=1S/C53H63F3N6O7S2/c1-34-26-45(47(64)58-30-36-12-14-37(15-13-36)46-35(2)59-33-71-46)60(31-34)48(65)44(51(3,4)5)28-41(63)32-68-24-11-23-67-22-9-8-10-25-69-42-20-18-39(19-21-42)62-50(70)61(49(66)52(62,6)7)40-17-16-38(29-57)43(27-40)53(54,55)56/h12-21,27,33-34,44-45H,8-11,22-26,28,30-32H2,1-7H3,(H,58,64)/t34-,44-,45+/m1/s1. The minimum absolute atomic E-state index is 0.00904. The molecule has 2 aliphatic rings. The third-order valence-electron chi connectivity index (χ3n) is 12.8. The number of amides is 3. The fourth-order valence-electron chi connectivity index (χ4n) is 8.82. The summed E-state index contributed by atoms with van der Waals surface area (Å²) in [6, 6.07) is 19.0. The Morgan fingerprint density at radius 3 is 2.25 bits per heavy atom. The molecule has 2 saturated heterocycles. The van der Waals surface area contributed by atoms with Gasteiger partial charge >= 0.3 is 6.18 Å². The molecule has 0 saturated carbocycles. The summed E-state index contributed by atoms with van der Waals surface area (Å²) in [6.07, 6.45) is -1.15. The fraction of sp³-hybridized carbons (Fsp3) is 0.491. The smallest absolute Gasteiger partial charge is 0.417 e. The highest BCUT2D eigenvalue weighted by Crippen LogP contribution is 2.40. The topological polar surface area (TPSA) is 154 Å². The van der Waals surface area contributed by atoms with Crippen molar-refractivity contribution in [2.75, 3.05) is 49.4 Å². The highest BCUT2D eigenvalue weighted by molar-refractivity contribution is 7.81. The zero-order valence-electron chi connectivity index (χ0n) is 41.4. The quantitative estimate of drug-likeness (QED) is 0.0591. The number of carbonyl (C=O) groups excluding carboxylic acids is 4. The van der Waals surface area contributed by atoms with Crippen LogP contribution in [0.3, 0.4) is 0 Å². The van der Waals surface area contributed by atoms with Gasteiger partial charge in [0.05, 0.1) is 45.6 Å². The summed E-state index contributed by atoms with van der Waals surface area (Å²) in [7, 11) is 0. The van der Waals surface area contributed by atoms with E-state index < -0.39 is 46.1 Å². The number of likely N-dealkylation sites (tertiary alicyclic amines) is 1. The second-order valence-corrected chi connectivity index (χ2v) is 21.0. The normalized spacial score (nSPS) is 17.4. The van der Waals surface area contributed by atoms with E-state index in [0.717, 1.165) is 58.0 Å². The minimum atomic E-state index is -4.79. The van der Waals surface area contributed by atoms with E-state index in [9.17, 15) is 37.6 Å². The maximum Gasteiger partial charge on any atom is 0.417 e. The number of alkyl halides is 3. The van der Waals surface area contributed by atoms with Gasteiger partial charge in [0.1, 0.15) is 23.9 Å². The average Bonchev–Trinajstić information content (AvgIpc) is 3.99. The van der Waals surface area contributed by atoms with Crippen LogP contribution in [0, 0.1) is 35.5 Å². The number of ether oxygens (including phenoxy) is 3. The molecule has 0 aliphatic carbocycles. The van der Waals surface area contributed by atoms with E-state index in [2.05, 4.69) is 10.3 Å². The molecular formula is C53H63F3N6O7S2. The first-order chi connectivity index (χ1) is 33.6. The molecule has 380 valence electrons. The van der Waals surface area contributed by atoms with Gasteiger partial charge < -0.3 is 29.3 Å². The first-order valence-electron chi connectivity index (χ1n) is 23.9. The summed E-state index contributed by atoms with van der Waals surface area (Å²) in [6.45, 7) is 15.6. The lowest BCUT2D eigenvalue weighted by Gasteiger charge is -2.34. The number of aryl methyl sites for hydroxylation is 1. The van der Waals surface area contributed by atoms with Crippen LogP contribution >= 0.6 is 23.6 Å².